The van der Waals surface area contributed by atoms with Gasteiger partial charge in [-0.15, -0.1) is 0 Å². The molecule has 0 aromatic carbocycles. The lowest BCUT2D eigenvalue weighted by atomic mass is 9.78. The highest BCUT2D eigenvalue weighted by Gasteiger charge is 2.31. The van der Waals surface area contributed by atoms with E-state index in [1.807, 2.05) is 0 Å². The van der Waals surface area contributed by atoms with Gasteiger partial charge in [-0.25, -0.2) is 13.1 Å². The van der Waals surface area contributed by atoms with Crippen LogP contribution in [0.1, 0.15) is 52.4 Å². The first kappa shape index (κ1) is 15.3. The Morgan fingerprint density at radius 3 is 2.58 bits per heavy atom. The summed E-state index contributed by atoms with van der Waals surface area (Å²) in [5.41, 5.74) is 0. The van der Waals surface area contributed by atoms with E-state index in [2.05, 4.69) is 23.9 Å². The Balaban J connectivity index is 1.88. The van der Waals surface area contributed by atoms with E-state index in [1.165, 1.54) is 12.8 Å². The van der Waals surface area contributed by atoms with Gasteiger partial charge in [-0.05, 0) is 37.6 Å². The third-order valence-electron chi connectivity index (χ3n) is 4.87. The lowest BCUT2D eigenvalue weighted by Crippen LogP contribution is -2.48. The highest BCUT2D eigenvalue weighted by atomic mass is 32.2. The van der Waals surface area contributed by atoms with E-state index in [0.29, 0.717) is 11.8 Å². The number of sulfonamides is 1. The predicted molar refractivity (Wildman–Crippen MR) is 78.5 cm³/mol. The minimum absolute atomic E-state index is 0.136. The van der Waals surface area contributed by atoms with Gasteiger partial charge >= 0.3 is 0 Å². The average molecular weight is 288 g/mol. The molecule has 5 heteroatoms. The normalized spacial score (nSPS) is 37.2. The third kappa shape index (κ3) is 4.43. The Morgan fingerprint density at radius 1 is 1.11 bits per heavy atom. The molecule has 0 bridgehead atoms. The van der Waals surface area contributed by atoms with Crippen LogP contribution in [0.4, 0.5) is 0 Å². The summed E-state index contributed by atoms with van der Waals surface area (Å²) in [6, 6.07) is 0.278. The second-order valence-electron chi connectivity index (χ2n) is 6.42. The number of piperidine rings is 1. The van der Waals surface area contributed by atoms with Crippen molar-refractivity contribution < 1.29 is 8.42 Å². The monoisotopic (exact) mass is 288 g/mol. The molecule has 1 aliphatic carbocycles. The SMILES string of the molecule is CC1CCCC(NS(=O)(=O)CC2CCCCN2)C1C. The standard InChI is InChI=1S/C14H28N2O2S/c1-11-6-5-8-14(12(11)2)16-19(17,18)10-13-7-3-4-9-15-13/h11-16H,3-10H2,1-2H3. The predicted octanol–water partition coefficient (Wildman–Crippen LogP) is 1.87. The van der Waals surface area contributed by atoms with Crippen LogP contribution in [0.2, 0.25) is 0 Å². The quantitative estimate of drug-likeness (QED) is 0.830. The highest BCUT2D eigenvalue weighted by Crippen LogP contribution is 2.29. The van der Waals surface area contributed by atoms with Gasteiger partial charge < -0.3 is 5.32 Å². The third-order valence-corrected chi connectivity index (χ3v) is 6.37. The summed E-state index contributed by atoms with van der Waals surface area (Å²) in [5.74, 6) is 1.31. The molecule has 0 aromatic rings. The lowest BCUT2D eigenvalue weighted by molar-refractivity contribution is 0.226. The topological polar surface area (TPSA) is 58.2 Å². The zero-order chi connectivity index (χ0) is 13.9. The Kier molecular flexibility index (Phi) is 5.26. The van der Waals surface area contributed by atoms with E-state index < -0.39 is 10.0 Å². The maximum atomic E-state index is 12.3. The molecule has 0 amide bonds. The Bertz CT molecular complexity index is 377. The van der Waals surface area contributed by atoms with Crippen molar-refractivity contribution in [3.63, 3.8) is 0 Å². The van der Waals surface area contributed by atoms with E-state index in [9.17, 15) is 8.42 Å². The number of nitrogens with one attached hydrogen (secondary N) is 2. The summed E-state index contributed by atoms with van der Waals surface area (Å²) >= 11 is 0. The van der Waals surface area contributed by atoms with Crippen LogP contribution >= 0.6 is 0 Å². The number of hydrogen-bond donors (Lipinski definition) is 2. The Labute approximate surface area is 117 Å². The molecular weight excluding hydrogens is 260 g/mol. The summed E-state index contributed by atoms with van der Waals surface area (Å²) in [6.07, 6.45) is 6.65. The van der Waals surface area contributed by atoms with Crippen molar-refractivity contribution in [1.82, 2.24) is 10.0 Å². The molecule has 4 nitrogen and oxygen atoms in total. The van der Waals surface area contributed by atoms with Crippen LogP contribution in [0, 0.1) is 11.8 Å². The summed E-state index contributed by atoms with van der Waals surface area (Å²) in [6.45, 7) is 5.36. The fourth-order valence-corrected chi connectivity index (χ4v) is 5.06. The van der Waals surface area contributed by atoms with E-state index in [1.54, 1.807) is 0 Å². The van der Waals surface area contributed by atoms with Crippen LogP contribution in [0.5, 0.6) is 0 Å². The summed E-state index contributed by atoms with van der Waals surface area (Å²) in [5, 5.41) is 3.31. The molecule has 1 saturated heterocycles. The van der Waals surface area contributed by atoms with Gasteiger partial charge in [-0.1, -0.05) is 33.1 Å². The smallest absolute Gasteiger partial charge is 0.213 e. The largest absolute Gasteiger partial charge is 0.313 e. The van der Waals surface area contributed by atoms with Gasteiger partial charge in [0.2, 0.25) is 10.0 Å². The van der Waals surface area contributed by atoms with Gasteiger partial charge in [-0.3, -0.25) is 0 Å². The maximum absolute atomic E-state index is 12.3. The summed E-state index contributed by atoms with van der Waals surface area (Å²) in [7, 11) is -3.15. The van der Waals surface area contributed by atoms with Gasteiger partial charge in [0.1, 0.15) is 0 Å². The minimum atomic E-state index is -3.15. The fraction of sp³-hybridized carbons (Fsp3) is 1.00. The van der Waals surface area contributed by atoms with Crippen LogP contribution in [-0.4, -0.2) is 32.8 Å². The molecule has 0 spiro atoms. The molecule has 0 aromatic heterocycles. The van der Waals surface area contributed by atoms with Crippen molar-refractivity contribution in [1.29, 1.82) is 0 Å². The molecule has 4 unspecified atom stereocenters. The molecule has 2 rings (SSSR count). The first-order valence-corrected chi connectivity index (χ1v) is 9.36. The maximum Gasteiger partial charge on any atom is 0.213 e. The molecule has 2 fully saturated rings. The van der Waals surface area contributed by atoms with Crippen molar-refractivity contribution in [3.8, 4) is 0 Å². The van der Waals surface area contributed by atoms with Crippen LogP contribution < -0.4 is 10.0 Å². The van der Waals surface area contributed by atoms with Crippen LogP contribution in [0.3, 0.4) is 0 Å². The molecule has 2 N–H and O–H groups in total. The second-order valence-corrected chi connectivity index (χ2v) is 8.22. The van der Waals surface area contributed by atoms with E-state index in [-0.39, 0.29) is 17.8 Å². The van der Waals surface area contributed by atoms with Crippen LogP contribution in [-0.2, 0) is 10.0 Å². The van der Waals surface area contributed by atoms with Gasteiger partial charge in [0.05, 0.1) is 5.75 Å². The Hall–Kier alpha value is -0.130. The van der Waals surface area contributed by atoms with E-state index in [4.69, 9.17) is 0 Å². The molecular formula is C14H28N2O2S. The summed E-state index contributed by atoms with van der Waals surface area (Å²) < 4.78 is 27.5. The van der Waals surface area contributed by atoms with Gasteiger partial charge in [0, 0.05) is 12.1 Å². The Morgan fingerprint density at radius 2 is 1.89 bits per heavy atom. The van der Waals surface area contributed by atoms with Crippen molar-refractivity contribution >= 4 is 10.0 Å². The van der Waals surface area contributed by atoms with Crippen molar-refractivity contribution in [2.45, 2.75) is 64.5 Å². The van der Waals surface area contributed by atoms with Crippen LogP contribution in [0.15, 0.2) is 0 Å². The minimum Gasteiger partial charge on any atom is -0.313 e. The number of hydrogen-bond acceptors (Lipinski definition) is 3. The van der Waals surface area contributed by atoms with Crippen molar-refractivity contribution in [2.75, 3.05) is 12.3 Å². The zero-order valence-corrected chi connectivity index (χ0v) is 13.0. The first-order chi connectivity index (χ1) is 8.98. The second kappa shape index (κ2) is 6.55. The molecule has 112 valence electrons. The van der Waals surface area contributed by atoms with Crippen molar-refractivity contribution in [2.24, 2.45) is 11.8 Å². The van der Waals surface area contributed by atoms with Gasteiger partial charge in [0.25, 0.3) is 0 Å². The van der Waals surface area contributed by atoms with Crippen LogP contribution in [0.25, 0.3) is 0 Å². The average Bonchev–Trinajstić information content (AvgIpc) is 2.35. The lowest BCUT2D eigenvalue weighted by Gasteiger charge is -2.35. The molecule has 19 heavy (non-hydrogen) atoms. The molecule has 1 heterocycles. The molecule has 0 radical (unpaired) electrons. The number of rotatable bonds is 4. The molecule has 2 aliphatic rings. The van der Waals surface area contributed by atoms with Gasteiger partial charge in [0.15, 0.2) is 0 Å². The molecule has 4 atom stereocenters. The fourth-order valence-electron chi connectivity index (χ4n) is 3.36. The van der Waals surface area contributed by atoms with Crippen molar-refractivity contribution in [3.05, 3.63) is 0 Å². The molecule has 1 aliphatic heterocycles. The molecule has 1 saturated carbocycles. The zero-order valence-electron chi connectivity index (χ0n) is 12.2. The van der Waals surface area contributed by atoms with E-state index >= 15 is 0 Å². The first-order valence-electron chi connectivity index (χ1n) is 7.71. The van der Waals surface area contributed by atoms with Gasteiger partial charge in [-0.2, -0.15) is 0 Å². The summed E-state index contributed by atoms with van der Waals surface area (Å²) in [4.78, 5) is 0. The van der Waals surface area contributed by atoms with E-state index in [0.717, 1.165) is 32.2 Å². The highest BCUT2D eigenvalue weighted by molar-refractivity contribution is 7.89.